The molecular weight excluding hydrogens is 350 g/mol. The first-order valence-corrected chi connectivity index (χ1v) is 10.0. The van der Waals surface area contributed by atoms with Crippen LogP contribution in [0.1, 0.15) is 47.6 Å². The highest BCUT2D eigenvalue weighted by Gasteiger charge is 2.26. The molecule has 0 bridgehead atoms. The number of fused-ring (bicyclic) bond motifs is 1. The molecule has 0 spiro atoms. The first-order valence-electron chi connectivity index (χ1n) is 10.0. The van der Waals surface area contributed by atoms with Crippen molar-refractivity contribution < 1.29 is 9.53 Å². The predicted octanol–water partition coefficient (Wildman–Crippen LogP) is 4.53. The molecule has 1 amide bonds. The third-order valence-electron chi connectivity index (χ3n) is 5.53. The molecule has 4 rings (SSSR count). The van der Waals surface area contributed by atoms with E-state index in [-0.39, 0.29) is 5.91 Å². The standard InChI is InChI=1S/C23H27N3O2/c1-4-28-20-7-5-6-18(15-20)23(27)25-12-10-19(11-13-25)26-17(3)24-21-9-8-16(2)14-22(21)26/h5-9,14-15,19H,4,10-13H2,1-3H3. The number of imidazole rings is 1. The second-order valence-electron chi connectivity index (χ2n) is 7.51. The van der Waals surface area contributed by atoms with Crippen molar-refractivity contribution in [1.82, 2.24) is 14.5 Å². The average molecular weight is 377 g/mol. The number of piperidine rings is 1. The van der Waals surface area contributed by atoms with Crippen LogP contribution >= 0.6 is 0 Å². The lowest BCUT2D eigenvalue weighted by molar-refractivity contribution is 0.0695. The number of rotatable bonds is 4. The summed E-state index contributed by atoms with van der Waals surface area (Å²) in [5.74, 6) is 1.89. The van der Waals surface area contributed by atoms with E-state index in [0.717, 1.165) is 43.0 Å². The summed E-state index contributed by atoms with van der Waals surface area (Å²) in [7, 11) is 0. The topological polar surface area (TPSA) is 47.4 Å². The molecular formula is C23H27N3O2. The molecule has 3 aromatic rings. The Hall–Kier alpha value is -2.82. The van der Waals surface area contributed by atoms with Crippen molar-refractivity contribution in [2.24, 2.45) is 0 Å². The summed E-state index contributed by atoms with van der Waals surface area (Å²) in [5, 5.41) is 0. The van der Waals surface area contributed by atoms with Gasteiger partial charge in [0.25, 0.3) is 5.91 Å². The van der Waals surface area contributed by atoms with Crippen LogP contribution in [0.5, 0.6) is 5.75 Å². The van der Waals surface area contributed by atoms with Crippen LogP contribution < -0.4 is 4.74 Å². The fourth-order valence-electron chi connectivity index (χ4n) is 4.18. The van der Waals surface area contributed by atoms with Crippen molar-refractivity contribution in [3.05, 3.63) is 59.4 Å². The smallest absolute Gasteiger partial charge is 0.253 e. The highest BCUT2D eigenvalue weighted by Crippen LogP contribution is 2.30. The molecule has 1 fully saturated rings. The van der Waals surface area contributed by atoms with Gasteiger partial charge in [-0.05, 0) is 69.5 Å². The molecule has 2 aromatic carbocycles. The van der Waals surface area contributed by atoms with Crippen LogP contribution in [0, 0.1) is 13.8 Å². The van der Waals surface area contributed by atoms with E-state index >= 15 is 0 Å². The molecule has 1 saturated heterocycles. The summed E-state index contributed by atoms with van der Waals surface area (Å²) in [6, 6.07) is 14.3. The first-order chi connectivity index (χ1) is 13.6. The maximum atomic E-state index is 12.9. The third-order valence-corrected chi connectivity index (χ3v) is 5.53. The van der Waals surface area contributed by atoms with Crippen LogP contribution in [-0.2, 0) is 0 Å². The van der Waals surface area contributed by atoms with E-state index in [1.54, 1.807) is 0 Å². The molecule has 0 saturated carbocycles. The lowest BCUT2D eigenvalue weighted by Crippen LogP contribution is -2.39. The number of hydrogen-bond acceptors (Lipinski definition) is 3. The molecule has 0 N–H and O–H groups in total. The zero-order chi connectivity index (χ0) is 19.7. The molecule has 0 radical (unpaired) electrons. The van der Waals surface area contributed by atoms with Crippen molar-refractivity contribution in [2.75, 3.05) is 19.7 Å². The maximum absolute atomic E-state index is 12.9. The minimum Gasteiger partial charge on any atom is -0.494 e. The van der Waals surface area contributed by atoms with Crippen LogP contribution in [0.15, 0.2) is 42.5 Å². The van der Waals surface area contributed by atoms with Crippen molar-refractivity contribution >= 4 is 16.9 Å². The highest BCUT2D eigenvalue weighted by molar-refractivity contribution is 5.94. The minimum atomic E-state index is 0.0862. The number of hydrogen-bond donors (Lipinski definition) is 0. The molecule has 0 aliphatic carbocycles. The van der Waals surface area contributed by atoms with Crippen LogP contribution in [0.4, 0.5) is 0 Å². The van der Waals surface area contributed by atoms with E-state index in [9.17, 15) is 4.79 Å². The van der Waals surface area contributed by atoms with E-state index in [4.69, 9.17) is 9.72 Å². The molecule has 0 unspecified atom stereocenters. The number of aryl methyl sites for hydroxylation is 2. The van der Waals surface area contributed by atoms with E-state index < -0.39 is 0 Å². The average Bonchev–Trinajstić information content (AvgIpc) is 3.03. The second kappa shape index (κ2) is 7.66. The number of amides is 1. The molecule has 1 aliphatic rings. The van der Waals surface area contributed by atoms with E-state index in [1.807, 2.05) is 36.1 Å². The minimum absolute atomic E-state index is 0.0862. The third kappa shape index (κ3) is 3.49. The van der Waals surface area contributed by atoms with Crippen molar-refractivity contribution in [3.8, 4) is 5.75 Å². The number of benzene rings is 2. The lowest BCUT2D eigenvalue weighted by atomic mass is 10.0. The molecule has 2 heterocycles. The predicted molar refractivity (Wildman–Crippen MR) is 111 cm³/mol. The van der Waals surface area contributed by atoms with Crippen LogP contribution in [0.25, 0.3) is 11.0 Å². The molecule has 1 aliphatic heterocycles. The SMILES string of the molecule is CCOc1cccc(C(=O)N2CCC(n3c(C)nc4ccc(C)cc43)CC2)c1. The van der Waals surface area contributed by atoms with E-state index in [0.29, 0.717) is 18.2 Å². The van der Waals surface area contributed by atoms with Crippen LogP contribution in [0.3, 0.4) is 0 Å². The Labute approximate surface area is 165 Å². The van der Waals surface area contributed by atoms with Gasteiger partial charge < -0.3 is 14.2 Å². The number of ether oxygens (including phenoxy) is 1. The van der Waals surface area contributed by atoms with Gasteiger partial charge in [0.05, 0.1) is 17.6 Å². The summed E-state index contributed by atoms with van der Waals surface area (Å²) in [4.78, 5) is 19.6. The molecule has 0 atom stereocenters. The summed E-state index contributed by atoms with van der Waals surface area (Å²) in [5.41, 5.74) is 4.20. The fourth-order valence-corrected chi connectivity index (χ4v) is 4.18. The Morgan fingerprint density at radius 2 is 1.93 bits per heavy atom. The highest BCUT2D eigenvalue weighted by atomic mass is 16.5. The van der Waals surface area contributed by atoms with Crippen LogP contribution in [0.2, 0.25) is 0 Å². The zero-order valence-electron chi connectivity index (χ0n) is 16.8. The van der Waals surface area contributed by atoms with Gasteiger partial charge in [0.2, 0.25) is 0 Å². The van der Waals surface area contributed by atoms with E-state index in [2.05, 4.69) is 36.6 Å². The first kappa shape index (κ1) is 18.5. The van der Waals surface area contributed by atoms with Gasteiger partial charge in [-0.15, -0.1) is 0 Å². The van der Waals surface area contributed by atoms with Gasteiger partial charge in [-0.3, -0.25) is 4.79 Å². The molecule has 146 valence electrons. The fraction of sp³-hybridized carbons (Fsp3) is 0.391. The molecule has 5 heteroatoms. The van der Waals surface area contributed by atoms with Gasteiger partial charge in [-0.2, -0.15) is 0 Å². The summed E-state index contributed by atoms with van der Waals surface area (Å²) >= 11 is 0. The van der Waals surface area contributed by atoms with Crippen LogP contribution in [-0.4, -0.2) is 40.1 Å². The van der Waals surface area contributed by atoms with Crippen molar-refractivity contribution in [2.45, 2.75) is 39.7 Å². The normalized spacial score (nSPS) is 15.2. The van der Waals surface area contributed by atoms with Gasteiger partial charge in [-0.1, -0.05) is 12.1 Å². The van der Waals surface area contributed by atoms with Gasteiger partial charge in [0.15, 0.2) is 0 Å². The van der Waals surface area contributed by atoms with Crippen molar-refractivity contribution in [3.63, 3.8) is 0 Å². The molecule has 1 aromatic heterocycles. The Bertz CT molecular complexity index is 1000. The second-order valence-corrected chi connectivity index (χ2v) is 7.51. The summed E-state index contributed by atoms with van der Waals surface area (Å²) in [6.07, 6.45) is 1.88. The monoisotopic (exact) mass is 377 g/mol. The number of likely N-dealkylation sites (tertiary alicyclic amines) is 1. The van der Waals surface area contributed by atoms with Gasteiger partial charge in [0, 0.05) is 24.7 Å². The Morgan fingerprint density at radius 3 is 2.68 bits per heavy atom. The number of aromatic nitrogens is 2. The summed E-state index contributed by atoms with van der Waals surface area (Å²) < 4.78 is 7.89. The Morgan fingerprint density at radius 1 is 1.14 bits per heavy atom. The van der Waals surface area contributed by atoms with Crippen molar-refractivity contribution in [1.29, 1.82) is 0 Å². The summed E-state index contributed by atoms with van der Waals surface area (Å²) in [6.45, 7) is 8.25. The largest absolute Gasteiger partial charge is 0.494 e. The molecule has 28 heavy (non-hydrogen) atoms. The lowest BCUT2D eigenvalue weighted by Gasteiger charge is -2.33. The number of carbonyl (C=O) groups is 1. The van der Waals surface area contributed by atoms with Gasteiger partial charge in [0.1, 0.15) is 11.6 Å². The zero-order valence-corrected chi connectivity index (χ0v) is 16.8. The maximum Gasteiger partial charge on any atom is 0.253 e. The Kier molecular flexibility index (Phi) is 5.07. The quantitative estimate of drug-likeness (QED) is 0.671. The number of carbonyl (C=O) groups excluding carboxylic acids is 1. The molecule has 5 nitrogen and oxygen atoms in total. The Balaban J connectivity index is 1.49. The number of nitrogens with zero attached hydrogens (tertiary/aromatic N) is 3. The van der Waals surface area contributed by atoms with E-state index in [1.165, 1.54) is 11.1 Å². The van der Waals surface area contributed by atoms with Gasteiger partial charge >= 0.3 is 0 Å². The van der Waals surface area contributed by atoms with Gasteiger partial charge in [-0.25, -0.2) is 4.98 Å².